The monoisotopic (exact) mass is 346 g/mol. The van der Waals surface area contributed by atoms with Crippen LogP contribution in [0, 0.1) is 22.7 Å². The van der Waals surface area contributed by atoms with Crippen molar-refractivity contribution >= 4 is 12.0 Å². The summed E-state index contributed by atoms with van der Waals surface area (Å²) in [4.78, 5) is 12.3. The molecule has 0 saturated heterocycles. The van der Waals surface area contributed by atoms with Crippen molar-refractivity contribution in [2.45, 2.75) is 11.6 Å². The van der Waals surface area contributed by atoms with Crippen LogP contribution in [0.4, 0.5) is 0 Å². The summed E-state index contributed by atoms with van der Waals surface area (Å²) in [5.74, 6) is -5.06. The Balaban J connectivity index is 2.63. The fourth-order valence-corrected chi connectivity index (χ4v) is 3.74. The highest BCUT2D eigenvalue weighted by atomic mass is 16.8. The minimum atomic E-state index is -1.83. The Morgan fingerprint density at radius 2 is 1.68 bits per heavy atom. The smallest absolute Gasteiger partial charge is 0.253 e. The quantitative estimate of drug-likeness (QED) is 0.747. The highest BCUT2D eigenvalue weighted by molar-refractivity contribution is 5.88. The lowest BCUT2D eigenvalue weighted by molar-refractivity contribution is -0.490. The number of benzene rings is 1. The number of hydrogen-bond donors (Lipinski definition) is 1. The number of carbonyl (C=O) groups is 1. The third kappa shape index (κ3) is 2.23. The second-order valence-electron chi connectivity index (χ2n) is 5.63. The van der Waals surface area contributed by atoms with Crippen LogP contribution in [-0.2, 0) is 23.7 Å². The van der Waals surface area contributed by atoms with E-state index < -0.39 is 28.8 Å². The first-order valence-electron chi connectivity index (χ1n) is 7.61. The number of methoxy groups -OCH3 is 4. The van der Waals surface area contributed by atoms with Crippen molar-refractivity contribution in [1.29, 1.82) is 5.26 Å². The normalized spacial score (nSPS) is 26.8. The summed E-state index contributed by atoms with van der Waals surface area (Å²) in [5.41, 5.74) is 4.65. The van der Waals surface area contributed by atoms with E-state index in [1.54, 1.807) is 12.2 Å². The van der Waals surface area contributed by atoms with Gasteiger partial charge in [-0.25, -0.2) is 0 Å². The molecule has 0 bridgehead atoms. The lowest BCUT2D eigenvalue weighted by Crippen LogP contribution is -2.86. The van der Waals surface area contributed by atoms with Crippen molar-refractivity contribution in [2.24, 2.45) is 17.1 Å². The number of rotatable bonds is 7. The first kappa shape index (κ1) is 19.1. The number of amides is 1. The van der Waals surface area contributed by atoms with Gasteiger partial charge in [-0.2, -0.15) is 5.26 Å². The molecule has 1 amide bonds. The van der Waals surface area contributed by atoms with E-state index in [0.717, 1.165) is 5.56 Å². The number of carbonyl (C=O) groups excluding carboxylic acids is 1. The van der Waals surface area contributed by atoms with E-state index in [1.807, 2.05) is 36.4 Å². The summed E-state index contributed by atoms with van der Waals surface area (Å²) >= 11 is 0. The predicted octanol–water partition coefficient (Wildman–Crippen LogP) is 1.30. The fourth-order valence-electron chi connectivity index (χ4n) is 3.74. The SMILES string of the molecule is COC1(OC)[C@H](/C=C\c2ccccc2)[C@@](C#N)(C(N)=O)C1(OC)OC. The molecule has 0 spiro atoms. The average molecular weight is 346 g/mol. The van der Waals surface area contributed by atoms with Gasteiger partial charge in [-0.15, -0.1) is 0 Å². The van der Waals surface area contributed by atoms with Crippen LogP contribution >= 0.6 is 0 Å². The Morgan fingerprint density at radius 1 is 1.12 bits per heavy atom. The summed E-state index contributed by atoms with van der Waals surface area (Å²) in [6.07, 6.45) is 3.42. The van der Waals surface area contributed by atoms with Gasteiger partial charge in [-0.3, -0.25) is 4.79 Å². The Bertz CT molecular complexity index is 689. The minimum Gasteiger partial charge on any atom is -0.368 e. The van der Waals surface area contributed by atoms with Crippen LogP contribution < -0.4 is 5.73 Å². The topological polar surface area (TPSA) is 104 Å². The summed E-state index contributed by atoms with van der Waals surface area (Å²) in [6, 6.07) is 11.4. The van der Waals surface area contributed by atoms with Crippen molar-refractivity contribution in [3.63, 3.8) is 0 Å². The maximum Gasteiger partial charge on any atom is 0.253 e. The molecular formula is C18H22N2O5. The van der Waals surface area contributed by atoms with Crippen molar-refractivity contribution in [3.05, 3.63) is 42.0 Å². The molecule has 1 saturated carbocycles. The van der Waals surface area contributed by atoms with Crippen LogP contribution in [0.15, 0.2) is 36.4 Å². The fraction of sp³-hybridized carbons (Fsp3) is 0.444. The number of ether oxygens (including phenoxy) is 4. The molecule has 1 aromatic carbocycles. The van der Waals surface area contributed by atoms with Gasteiger partial charge in [0.1, 0.15) is 0 Å². The van der Waals surface area contributed by atoms with Gasteiger partial charge in [0.05, 0.1) is 12.0 Å². The molecule has 2 rings (SSSR count). The van der Waals surface area contributed by atoms with E-state index in [2.05, 4.69) is 0 Å². The van der Waals surface area contributed by atoms with Gasteiger partial charge >= 0.3 is 0 Å². The zero-order chi connectivity index (χ0) is 18.7. The number of nitrogens with two attached hydrogens (primary N) is 1. The van der Waals surface area contributed by atoms with E-state index in [4.69, 9.17) is 24.7 Å². The lowest BCUT2D eigenvalue weighted by Gasteiger charge is -2.65. The Morgan fingerprint density at radius 3 is 2.08 bits per heavy atom. The molecule has 0 radical (unpaired) electrons. The van der Waals surface area contributed by atoms with Gasteiger partial charge in [0, 0.05) is 28.4 Å². The Kier molecular flexibility index (Phi) is 5.30. The summed E-state index contributed by atoms with van der Waals surface area (Å²) in [5, 5.41) is 9.84. The largest absolute Gasteiger partial charge is 0.368 e. The number of nitrogens with zero attached hydrogens (tertiary/aromatic N) is 1. The van der Waals surface area contributed by atoms with Crippen LogP contribution in [0.2, 0.25) is 0 Å². The predicted molar refractivity (Wildman–Crippen MR) is 89.7 cm³/mol. The number of primary amides is 1. The average Bonchev–Trinajstić information content (AvgIpc) is 2.63. The third-order valence-corrected chi connectivity index (χ3v) is 4.88. The standard InChI is InChI=1S/C18H22N2O5/c1-22-17(23-2)14(11-10-13-8-6-5-7-9-13)16(12-19,15(20)21)18(17,24-3)25-4/h5-11,14H,1-4H3,(H2,20,21)/b11-10-/t14-,16+/m1/s1. The van der Waals surface area contributed by atoms with Crippen LogP contribution in [0.3, 0.4) is 0 Å². The van der Waals surface area contributed by atoms with Crippen molar-refractivity contribution in [3.8, 4) is 6.07 Å². The third-order valence-electron chi connectivity index (χ3n) is 4.88. The van der Waals surface area contributed by atoms with Crippen LogP contribution in [0.1, 0.15) is 5.56 Å². The molecule has 0 aliphatic heterocycles. The molecule has 1 aliphatic carbocycles. The molecular weight excluding hydrogens is 324 g/mol. The maximum absolute atomic E-state index is 12.3. The molecule has 1 fully saturated rings. The molecule has 1 aromatic rings. The molecule has 7 heteroatoms. The molecule has 0 heterocycles. The van der Waals surface area contributed by atoms with Crippen LogP contribution in [0.25, 0.3) is 6.08 Å². The number of hydrogen-bond acceptors (Lipinski definition) is 6. The van der Waals surface area contributed by atoms with E-state index in [9.17, 15) is 10.1 Å². The molecule has 0 unspecified atom stereocenters. The summed E-state index contributed by atoms with van der Waals surface area (Å²) in [7, 11) is 5.40. The molecule has 0 aromatic heterocycles. The van der Waals surface area contributed by atoms with Gasteiger partial charge in [0.15, 0.2) is 0 Å². The zero-order valence-electron chi connectivity index (χ0n) is 14.7. The Hall–Kier alpha value is -2.24. The summed E-state index contributed by atoms with van der Waals surface area (Å²) < 4.78 is 22.0. The van der Waals surface area contributed by atoms with Crippen LogP contribution in [-0.4, -0.2) is 45.9 Å². The van der Waals surface area contributed by atoms with Crippen molar-refractivity contribution < 1.29 is 23.7 Å². The van der Waals surface area contributed by atoms with E-state index >= 15 is 0 Å². The van der Waals surface area contributed by atoms with Crippen molar-refractivity contribution in [1.82, 2.24) is 0 Å². The van der Waals surface area contributed by atoms with Gasteiger partial charge in [-0.1, -0.05) is 42.5 Å². The highest BCUT2D eigenvalue weighted by Crippen LogP contribution is 2.65. The Labute approximate surface area is 146 Å². The summed E-state index contributed by atoms with van der Waals surface area (Å²) in [6.45, 7) is 0. The lowest BCUT2D eigenvalue weighted by atomic mass is 9.50. The second-order valence-corrected chi connectivity index (χ2v) is 5.63. The van der Waals surface area contributed by atoms with Gasteiger partial charge in [-0.05, 0) is 5.56 Å². The molecule has 1 aliphatic rings. The van der Waals surface area contributed by atoms with Crippen molar-refractivity contribution in [2.75, 3.05) is 28.4 Å². The zero-order valence-corrected chi connectivity index (χ0v) is 14.7. The van der Waals surface area contributed by atoms with Crippen LogP contribution in [0.5, 0.6) is 0 Å². The molecule has 2 N–H and O–H groups in total. The molecule has 2 atom stereocenters. The number of nitriles is 1. The van der Waals surface area contributed by atoms with E-state index in [-0.39, 0.29) is 0 Å². The maximum atomic E-state index is 12.3. The second kappa shape index (κ2) is 6.94. The highest BCUT2D eigenvalue weighted by Gasteiger charge is 2.87. The van der Waals surface area contributed by atoms with Gasteiger partial charge < -0.3 is 24.7 Å². The molecule has 7 nitrogen and oxygen atoms in total. The molecule has 25 heavy (non-hydrogen) atoms. The van der Waals surface area contributed by atoms with E-state index in [0.29, 0.717) is 0 Å². The van der Waals surface area contributed by atoms with E-state index in [1.165, 1.54) is 28.4 Å². The van der Waals surface area contributed by atoms with Gasteiger partial charge in [0.25, 0.3) is 5.79 Å². The minimum absolute atomic E-state index is 0.849. The molecule has 134 valence electrons. The first-order valence-corrected chi connectivity index (χ1v) is 7.61. The first-order chi connectivity index (χ1) is 12.0. The van der Waals surface area contributed by atoms with Gasteiger partial charge in [0.2, 0.25) is 17.1 Å².